The molecule has 1 amide bonds. The summed E-state index contributed by atoms with van der Waals surface area (Å²) >= 11 is 0. The number of hydrogen-bond donors (Lipinski definition) is 0. The molecule has 58 valence electrons. The van der Waals surface area contributed by atoms with Gasteiger partial charge in [0.05, 0.1) is 0 Å². The lowest BCUT2D eigenvalue weighted by Gasteiger charge is -2.17. The summed E-state index contributed by atoms with van der Waals surface area (Å²) in [4.78, 5) is 12.9. The minimum Gasteiger partial charge on any atom is -0.340 e. The summed E-state index contributed by atoms with van der Waals surface area (Å²) < 4.78 is 0. The monoisotopic (exact) mass is 141 g/mol. The molecule has 0 saturated heterocycles. The molecule has 0 heterocycles. The lowest BCUT2D eigenvalue weighted by atomic mass is 10.3. The molecule has 0 atom stereocenters. The van der Waals surface area contributed by atoms with Gasteiger partial charge >= 0.3 is 0 Å². The third-order valence-corrected chi connectivity index (χ3v) is 1.42. The fourth-order valence-corrected chi connectivity index (χ4v) is 0.781. The topological polar surface area (TPSA) is 20.3 Å². The number of rotatable bonds is 3. The van der Waals surface area contributed by atoms with Gasteiger partial charge in [-0.25, -0.2) is 0 Å². The summed E-state index contributed by atoms with van der Waals surface area (Å²) in [5.41, 5.74) is 0.615. The molecule has 0 aliphatic heterocycles. The number of hydrogen-bond acceptors (Lipinski definition) is 1. The molecule has 0 N–H and O–H groups in total. The molecule has 10 heavy (non-hydrogen) atoms. The van der Waals surface area contributed by atoms with E-state index in [9.17, 15) is 4.79 Å². The second-order valence-corrected chi connectivity index (χ2v) is 2.26. The Labute approximate surface area is 62.5 Å². The minimum atomic E-state index is 0.0602. The Balaban J connectivity index is 4.02. The molecular formula is C8H15NO. The molecular weight excluding hydrogens is 126 g/mol. The Kier molecular flexibility index (Phi) is 3.77. The Morgan fingerprint density at radius 1 is 1.40 bits per heavy atom. The van der Waals surface area contributed by atoms with Crippen LogP contribution in [0.4, 0.5) is 0 Å². The number of carbonyl (C=O) groups is 1. The largest absolute Gasteiger partial charge is 0.340 e. The zero-order valence-corrected chi connectivity index (χ0v) is 6.98. The zero-order chi connectivity index (χ0) is 8.15. The SMILES string of the molecule is C=C(C)C(=O)N(CC)CC. The van der Waals surface area contributed by atoms with Gasteiger partial charge in [0.2, 0.25) is 5.91 Å². The van der Waals surface area contributed by atoms with Crippen molar-refractivity contribution in [2.75, 3.05) is 13.1 Å². The standard InChI is InChI=1S/C8H15NO/c1-5-9(6-2)8(10)7(3)4/h3,5-6H2,1-2,4H3. The number of likely N-dealkylation sites (N-methyl/N-ethyl adjacent to an activating group) is 1. The van der Waals surface area contributed by atoms with Crippen LogP contribution < -0.4 is 0 Å². The van der Waals surface area contributed by atoms with Crippen molar-refractivity contribution in [2.24, 2.45) is 0 Å². The smallest absolute Gasteiger partial charge is 0.248 e. The van der Waals surface area contributed by atoms with Crippen LogP contribution >= 0.6 is 0 Å². The van der Waals surface area contributed by atoms with E-state index in [1.165, 1.54) is 0 Å². The van der Waals surface area contributed by atoms with E-state index in [4.69, 9.17) is 0 Å². The number of carbonyl (C=O) groups excluding carboxylic acids is 1. The van der Waals surface area contributed by atoms with E-state index in [0.29, 0.717) is 5.57 Å². The summed E-state index contributed by atoms with van der Waals surface area (Å²) in [7, 11) is 0. The molecule has 0 spiro atoms. The summed E-state index contributed by atoms with van der Waals surface area (Å²) in [6, 6.07) is 0. The Morgan fingerprint density at radius 3 is 1.90 bits per heavy atom. The number of nitrogens with zero attached hydrogens (tertiary/aromatic N) is 1. The molecule has 0 fully saturated rings. The van der Waals surface area contributed by atoms with Crippen LogP contribution in [0.3, 0.4) is 0 Å². The normalized spacial score (nSPS) is 9.10. The predicted octanol–water partition coefficient (Wildman–Crippen LogP) is 1.43. The third-order valence-electron chi connectivity index (χ3n) is 1.42. The van der Waals surface area contributed by atoms with Gasteiger partial charge in [0, 0.05) is 18.7 Å². The van der Waals surface area contributed by atoms with Crippen LogP contribution in [-0.2, 0) is 4.79 Å². The molecule has 0 aromatic carbocycles. The number of amides is 1. The van der Waals surface area contributed by atoms with Crippen molar-refractivity contribution in [3.63, 3.8) is 0 Å². The van der Waals surface area contributed by atoms with Gasteiger partial charge < -0.3 is 4.90 Å². The van der Waals surface area contributed by atoms with Gasteiger partial charge in [-0.1, -0.05) is 6.58 Å². The van der Waals surface area contributed by atoms with E-state index in [1.807, 2.05) is 13.8 Å². The van der Waals surface area contributed by atoms with Crippen LogP contribution in [0.15, 0.2) is 12.2 Å². The molecule has 0 aromatic rings. The van der Waals surface area contributed by atoms with Crippen LogP contribution in [0, 0.1) is 0 Å². The highest BCUT2D eigenvalue weighted by Gasteiger charge is 2.08. The first kappa shape index (κ1) is 9.21. The first-order valence-electron chi connectivity index (χ1n) is 3.58. The molecule has 0 unspecified atom stereocenters. The van der Waals surface area contributed by atoms with Crippen molar-refractivity contribution in [1.29, 1.82) is 0 Å². The van der Waals surface area contributed by atoms with Gasteiger partial charge in [-0.2, -0.15) is 0 Å². The highest BCUT2D eigenvalue weighted by molar-refractivity contribution is 5.92. The van der Waals surface area contributed by atoms with E-state index < -0.39 is 0 Å². The lowest BCUT2D eigenvalue weighted by Crippen LogP contribution is -2.30. The van der Waals surface area contributed by atoms with Crippen LogP contribution in [0.2, 0.25) is 0 Å². The Bertz CT molecular complexity index is 136. The third kappa shape index (κ3) is 2.21. The maximum absolute atomic E-state index is 11.1. The van der Waals surface area contributed by atoms with Crippen molar-refractivity contribution in [3.05, 3.63) is 12.2 Å². The molecule has 0 saturated carbocycles. The van der Waals surface area contributed by atoms with Gasteiger partial charge in [-0.15, -0.1) is 0 Å². The molecule has 2 nitrogen and oxygen atoms in total. The van der Waals surface area contributed by atoms with Crippen LogP contribution in [0.5, 0.6) is 0 Å². The molecule has 0 aromatic heterocycles. The average Bonchev–Trinajstić information content (AvgIpc) is 1.90. The quantitative estimate of drug-likeness (QED) is 0.544. The average molecular weight is 141 g/mol. The highest BCUT2D eigenvalue weighted by atomic mass is 16.2. The second kappa shape index (κ2) is 4.09. The maximum atomic E-state index is 11.1. The van der Waals surface area contributed by atoms with Gasteiger partial charge in [0.1, 0.15) is 0 Å². The Hall–Kier alpha value is -0.790. The molecule has 0 bridgehead atoms. The fourth-order valence-electron chi connectivity index (χ4n) is 0.781. The van der Waals surface area contributed by atoms with Gasteiger partial charge in [0.15, 0.2) is 0 Å². The Morgan fingerprint density at radius 2 is 1.80 bits per heavy atom. The summed E-state index contributed by atoms with van der Waals surface area (Å²) in [5.74, 6) is 0.0602. The van der Waals surface area contributed by atoms with E-state index in [-0.39, 0.29) is 5.91 Å². The highest BCUT2D eigenvalue weighted by Crippen LogP contribution is 1.96. The molecule has 0 radical (unpaired) electrons. The molecule has 0 rings (SSSR count). The minimum absolute atomic E-state index is 0.0602. The summed E-state index contributed by atoms with van der Waals surface area (Å²) in [6.07, 6.45) is 0. The van der Waals surface area contributed by atoms with E-state index in [0.717, 1.165) is 13.1 Å². The van der Waals surface area contributed by atoms with Crippen LogP contribution in [0.1, 0.15) is 20.8 Å². The van der Waals surface area contributed by atoms with Crippen molar-refractivity contribution >= 4 is 5.91 Å². The van der Waals surface area contributed by atoms with Gasteiger partial charge in [-0.3, -0.25) is 4.79 Å². The molecule has 2 heteroatoms. The predicted molar refractivity (Wildman–Crippen MR) is 42.7 cm³/mol. The lowest BCUT2D eigenvalue weighted by molar-refractivity contribution is -0.126. The second-order valence-electron chi connectivity index (χ2n) is 2.26. The van der Waals surface area contributed by atoms with Gasteiger partial charge in [0.25, 0.3) is 0 Å². The van der Waals surface area contributed by atoms with E-state index in [1.54, 1.807) is 11.8 Å². The molecule has 0 aliphatic rings. The first-order valence-corrected chi connectivity index (χ1v) is 3.58. The summed E-state index contributed by atoms with van der Waals surface area (Å²) in [5, 5.41) is 0. The fraction of sp³-hybridized carbons (Fsp3) is 0.625. The molecule has 0 aliphatic carbocycles. The maximum Gasteiger partial charge on any atom is 0.248 e. The van der Waals surface area contributed by atoms with E-state index in [2.05, 4.69) is 6.58 Å². The van der Waals surface area contributed by atoms with Crippen LogP contribution in [-0.4, -0.2) is 23.9 Å². The zero-order valence-electron chi connectivity index (χ0n) is 6.98. The van der Waals surface area contributed by atoms with Gasteiger partial charge in [-0.05, 0) is 20.8 Å². The summed E-state index contributed by atoms with van der Waals surface area (Å²) in [6.45, 7) is 10.8. The van der Waals surface area contributed by atoms with E-state index >= 15 is 0 Å². The van der Waals surface area contributed by atoms with Crippen LogP contribution in [0.25, 0.3) is 0 Å². The first-order chi connectivity index (χ1) is 4.63. The van der Waals surface area contributed by atoms with Crippen molar-refractivity contribution in [1.82, 2.24) is 4.90 Å². The van der Waals surface area contributed by atoms with Crippen molar-refractivity contribution in [3.8, 4) is 0 Å². The van der Waals surface area contributed by atoms with Crippen molar-refractivity contribution < 1.29 is 4.79 Å². The van der Waals surface area contributed by atoms with Crippen molar-refractivity contribution in [2.45, 2.75) is 20.8 Å².